The molecule has 0 atom stereocenters. The van der Waals surface area contributed by atoms with Gasteiger partial charge in [0.2, 0.25) is 11.8 Å². The molecule has 6 nitrogen and oxygen atoms in total. The lowest BCUT2D eigenvalue weighted by Gasteiger charge is -2.09. The van der Waals surface area contributed by atoms with E-state index >= 15 is 0 Å². The van der Waals surface area contributed by atoms with Gasteiger partial charge in [-0.25, -0.2) is 0 Å². The highest BCUT2D eigenvalue weighted by atomic mass is 16.5. The van der Waals surface area contributed by atoms with Crippen molar-refractivity contribution < 1.29 is 19.1 Å². The highest BCUT2D eigenvalue weighted by Crippen LogP contribution is 2.17. The van der Waals surface area contributed by atoms with Crippen molar-refractivity contribution in [2.75, 3.05) is 33.9 Å². The van der Waals surface area contributed by atoms with Gasteiger partial charge in [-0.2, -0.15) is 0 Å². The number of benzene rings is 1. The molecule has 2 N–H and O–H groups in total. The molecular weight excluding hydrogens is 272 g/mol. The molecule has 1 rings (SSSR count). The summed E-state index contributed by atoms with van der Waals surface area (Å²) in [5.41, 5.74) is 1.02. The SMILES string of the molecule is COCCNC(=O)CC(=O)NCCc1ccccc1OC. The number of ether oxygens (including phenoxy) is 2. The van der Waals surface area contributed by atoms with Crippen molar-refractivity contribution >= 4 is 11.8 Å². The third-order valence-corrected chi connectivity index (χ3v) is 2.86. The van der Waals surface area contributed by atoms with Crippen molar-refractivity contribution in [1.82, 2.24) is 10.6 Å². The van der Waals surface area contributed by atoms with Gasteiger partial charge in [0.05, 0.1) is 13.7 Å². The number of carbonyl (C=O) groups is 2. The summed E-state index contributed by atoms with van der Waals surface area (Å²) in [6, 6.07) is 7.64. The molecule has 0 radical (unpaired) electrons. The number of rotatable bonds is 9. The minimum atomic E-state index is -0.304. The molecule has 1 aromatic carbocycles. The first-order valence-corrected chi connectivity index (χ1v) is 6.81. The lowest BCUT2D eigenvalue weighted by atomic mass is 10.1. The van der Waals surface area contributed by atoms with Gasteiger partial charge in [0, 0.05) is 20.2 Å². The van der Waals surface area contributed by atoms with Crippen LogP contribution in [0.1, 0.15) is 12.0 Å². The summed E-state index contributed by atoms with van der Waals surface area (Å²) in [6.45, 7) is 1.30. The molecule has 0 heterocycles. The van der Waals surface area contributed by atoms with E-state index in [1.54, 1.807) is 14.2 Å². The molecule has 0 spiro atoms. The smallest absolute Gasteiger partial charge is 0.229 e. The summed E-state index contributed by atoms with van der Waals surface area (Å²) in [5, 5.41) is 5.31. The fraction of sp³-hybridized carbons (Fsp3) is 0.467. The molecule has 1 aromatic rings. The van der Waals surface area contributed by atoms with E-state index in [-0.39, 0.29) is 18.2 Å². The maximum absolute atomic E-state index is 11.6. The Bertz CT molecular complexity index is 463. The van der Waals surface area contributed by atoms with Gasteiger partial charge in [-0.15, -0.1) is 0 Å². The summed E-state index contributed by atoms with van der Waals surface area (Å²) in [5.74, 6) is 0.200. The van der Waals surface area contributed by atoms with Crippen molar-refractivity contribution in [3.05, 3.63) is 29.8 Å². The Labute approximate surface area is 124 Å². The summed E-state index contributed by atoms with van der Waals surface area (Å²) >= 11 is 0. The second-order valence-corrected chi connectivity index (χ2v) is 4.43. The van der Waals surface area contributed by atoms with Crippen LogP contribution >= 0.6 is 0 Å². The van der Waals surface area contributed by atoms with E-state index in [0.717, 1.165) is 11.3 Å². The van der Waals surface area contributed by atoms with E-state index in [1.165, 1.54) is 0 Å². The second kappa shape index (κ2) is 9.77. The van der Waals surface area contributed by atoms with Crippen LogP contribution in [0.2, 0.25) is 0 Å². The fourth-order valence-corrected chi connectivity index (χ4v) is 1.81. The van der Waals surface area contributed by atoms with Crippen LogP contribution in [-0.4, -0.2) is 45.7 Å². The molecule has 0 aliphatic heterocycles. The lowest BCUT2D eigenvalue weighted by molar-refractivity contribution is -0.129. The van der Waals surface area contributed by atoms with Crippen LogP contribution in [0.25, 0.3) is 0 Å². The molecule has 0 unspecified atom stereocenters. The van der Waals surface area contributed by atoms with E-state index in [9.17, 15) is 9.59 Å². The highest BCUT2D eigenvalue weighted by molar-refractivity contribution is 5.96. The Kier molecular flexibility index (Phi) is 7.89. The Balaban J connectivity index is 2.25. The zero-order valence-corrected chi connectivity index (χ0v) is 12.5. The number of nitrogens with one attached hydrogen (secondary N) is 2. The molecular formula is C15H22N2O4. The third kappa shape index (κ3) is 6.76. The molecule has 2 amide bonds. The minimum Gasteiger partial charge on any atom is -0.496 e. The summed E-state index contributed by atoms with van der Waals surface area (Å²) in [6.07, 6.45) is 0.483. The van der Waals surface area contributed by atoms with Crippen LogP contribution in [0.3, 0.4) is 0 Å². The zero-order valence-electron chi connectivity index (χ0n) is 12.5. The van der Waals surface area contributed by atoms with Gasteiger partial charge < -0.3 is 20.1 Å². The van der Waals surface area contributed by atoms with Gasteiger partial charge in [-0.05, 0) is 18.1 Å². The van der Waals surface area contributed by atoms with E-state index in [4.69, 9.17) is 9.47 Å². The van der Waals surface area contributed by atoms with Crippen molar-refractivity contribution in [1.29, 1.82) is 0 Å². The van der Waals surface area contributed by atoms with Gasteiger partial charge in [-0.1, -0.05) is 18.2 Å². The van der Waals surface area contributed by atoms with Crippen LogP contribution in [0.15, 0.2) is 24.3 Å². The van der Waals surface area contributed by atoms with Crippen LogP contribution in [0.4, 0.5) is 0 Å². The number of para-hydroxylation sites is 1. The Hall–Kier alpha value is -2.08. The number of carbonyl (C=O) groups excluding carboxylic acids is 2. The number of methoxy groups -OCH3 is 2. The lowest BCUT2D eigenvalue weighted by Crippen LogP contribution is -2.34. The first-order chi connectivity index (χ1) is 10.2. The van der Waals surface area contributed by atoms with Crippen molar-refractivity contribution in [2.45, 2.75) is 12.8 Å². The predicted octanol–water partition coefficient (Wildman–Crippen LogP) is 0.507. The van der Waals surface area contributed by atoms with Gasteiger partial charge in [0.25, 0.3) is 0 Å². The number of hydrogen-bond donors (Lipinski definition) is 2. The molecule has 0 saturated heterocycles. The summed E-state index contributed by atoms with van der Waals surface area (Å²) in [7, 11) is 3.17. The normalized spacial score (nSPS) is 10.0. The van der Waals surface area contributed by atoms with Crippen molar-refractivity contribution in [2.24, 2.45) is 0 Å². The molecule has 0 fully saturated rings. The van der Waals surface area contributed by atoms with Crippen molar-refractivity contribution in [3.8, 4) is 5.75 Å². The highest BCUT2D eigenvalue weighted by Gasteiger charge is 2.08. The molecule has 0 aromatic heterocycles. The molecule has 116 valence electrons. The fourth-order valence-electron chi connectivity index (χ4n) is 1.81. The topological polar surface area (TPSA) is 76.7 Å². The van der Waals surface area contributed by atoms with Crippen LogP contribution in [0.5, 0.6) is 5.75 Å². The Morgan fingerprint density at radius 3 is 2.38 bits per heavy atom. The van der Waals surface area contributed by atoms with E-state index in [1.807, 2.05) is 24.3 Å². The van der Waals surface area contributed by atoms with Crippen LogP contribution < -0.4 is 15.4 Å². The van der Waals surface area contributed by atoms with Gasteiger partial charge in [0.15, 0.2) is 0 Å². The largest absolute Gasteiger partial charge is 0.496 e. The van der Waals surface area contributed by atoms with Crippen molar-refractivity contribution in [3.63, 3.8) is 0 Å². The van der Waals surface area contributed by atoms with Gasteiger partial charge in [-0.3, -0.25) is 9.59 Å². The number of amides is 2. The molecule has 0 saturated carbocycles. The van der Waals surface area contributed by atoms with Gasteiger partial charge >= 0.3 is 0 Å². The van der Waals surface area contributed by atoms with E-state index in [0.29, 0.717) is 26.1 Å². The average molecular weight is 294 g/mol. The zero-order chi connectivity index (χ0) is 15.5. The standard InChI is InChI=1S/C15H22N2O4/c1-20-10-9-17-15(19)11-14(18)16-8-7-12-5-3-4-6-13(12)21-2/h3-6H,7-11H2,1-2H3,(H,16,18)(H,17,19). The maximum Gasteiger partial charge on any atom is 0.229 e. The predicted molar refractivity (Wildman–Crippen MR) is 79.2 cm³/mol. The van der Waals surface area contributed by atoms with E-state index in [2.05, 4.69) is 10.6 Å². The first kappa shape index (κ1) is 17.0. The summed E-state index contributed by atoms with van der Waals surface area (Å²) < 4.78 is 10.0. The molecule has 0 aliphatic rings. The Morgan fingerprint density at radius 1 is 1.05 bits per heavy atom. The van der Waals surface area contributed by atoms with Gasteiger partial charge in [0.1, 0.15) is 12.2 Å². The molecule has 6 heteroatoms. The van der Waals surface area contributed by atoms with Crippen LogP contribution in [-0.2, 0) is 20.7 Å². The summed E-state index contributed by atoms with van der Waals surface area (Å²) in [4.78, 5) is 23.0. The molecule has 0 bridgehead atoms. The second-order valence-electron chi connectivity index (χ2n) is 4.43. The quantitative estimate of drug-likeness (QED) is 0.514. The minimum absolute atomic E-state index is 0.171. The average Bonchev–Trinajstić information content (AvgIpc) is 2.48. The van der Waals surface area contributed by atoms with E-state index < -0.39 is 0 Å². The molecule has 21 heavy (non-hydrogen) atoms. The Morgan fingerprint density at radius 2 is 1.71 bits per heavy atom. The molecule has 0 aliphatic carbocycles. The van der Waals surface area contributed by atoms with Crippen LogP contribution in [0, 0.1) is 0 Å². The maximum atomic E-state index is 11.6. The first-order valence-electron chi connectivity index (χ1n) is 6.81. The number of hydrogen-bond acceptors (Lipinski definition) is 4. The monoisotopic (exact) mass is 294 g/mol. The third-order valence-electron chi connectivity index (χ3n) is 2.86.